The highest BCUT2D eigenvalue weighted by atomic mass is 32.2. The largest absolute Gasteiger partial charge is 0.455 e. The lowest BCUT2D eigenvalue weighted by Crippen LogP contribution is -2.28. The SMILES string of the molecule is COCCNS(=O)(=O)c1c[nH]c(C(=O)O[C@@H]2CCC[C@H]2OC)c1. The lowest BCUT2D eigenvalue weighted by atomic mass is 10.2. The fraction of sp³-hybridized carbons (Fsp3) is 0.643. The average Bonchev–Trinajstić information content (AvgIpc) is 3.16. The van der Waals surface area contributed by atoms with Gasteiger partial charge in [0.05, 0.1) is 12.7 Å². The molecule has 0 aromatic carbocycles. The number of aromatic nitrogens is 1. The van der Waals surface area contributed by atoms with E-state index in [1.807, 2.05) is 0 Å². The minimum Gasteiger partial charge on any atom is -0.455 e. The van der Waals surface area contributed by atoms with Crippen LogP contribution in [0.5, 0.6) is 0 Å². The van der Waals surface area contributed by atoms with Crippen LogP contribution in [-0.4, -0.2) is 59.0 Å². The van der Waals surface area contributed by atoms with Gasteiger partial charge < -0.3 is 19.2 Å². The summed E-state index contributed by atoms with van der Waals surface area (Å²) in [4.78, 5) is 14.7. The molecule has 2 atom stereocenters. The summed E-state index contributed by atoms with van der Waals surface area (Å²) in [6, 6.07) is 1.26. The van der Waals surface area contributed by atoms with Crippen molar-refractivity contribution in [3.63, 3.8) is 0 Å². The quantitative estimate of drug-likeness (QED) is 0.529. The molecule has 0 amide bonds. The fourth-order valence-corrected chi connectivity index (χ4v) is 3.51. The number of nitrogens with one attached hydrogen (secondary N) is 2. The molecular weight excluding hydrogens is 324 g/mol. The standard InChI is InChI=1S/C14H22N2O6S/c1-20-7-6-16-23(18,19)10-8-11(15-9-10)14(17)22-13-5-3-4-12(13)21-2/h8-9,12-13,15-16H,3-7H2,1-2H3/t12-,13-/m1/s1. The molecule has 0 saturated heterocycles. The Hall–Kier alpha value is -1.42. The van der Waals surface area contributed by atoms with Crippen molar-refractivity contribution in [1.29, 1.82) is 0 Å². The van der Waals surface area contributed by atoms with Crippen LogP contribution in [0.25, 0.3) is 0 Å². The van der Waals surface area contributed by atoms with Gasteiger partial charge in [-0.05, 0) is 25.3 Å². The van der Waals surface area contributed by atoms with Gasteiger partial charge in [-0.3, -0.25) is 0 Å². The van der Waals surface area contributed by atoms with Crippen molar-refractivity contribution in [1.82, 2.24) is 9.71 Å². The number of ether oxygens (including phenoxy) is 3. The van der Waals surface area contributed by atoms with Crippen molar-refractivity contribution in [3.8, 4) is 0 Å². The van der Waals surface area contributed by atoms with Crippen molar-refractivity contribution in [2.24, 2.45) is 0 Å². The molecule has 2 N–H and O–H groups in total. The number of sulfonamides is 1. The number of carbonyl (C=O) groups is 1. The first-order valence-corrected chi connectivity index (χ1v) is 8.87. The smallest absolute Gasteiger partial charge is 0.355 e. The first-order valence-electron chi connectivity index (χ1n) is 7.38. The van der Waals surface area contributed by atoms with Crippen LogP contribution < -0.4 is 4.72 Å². The molecule has 23 heavy (non-hydrogen) atoms. The summed E-state index contributed by atoms with van der Waals surface area (Å²) >= 11 is 0. The van der Waals surface area contributed by atoms with E-state index in [2.05, 4.69) is 9.71 Å². The van der Waals surface area contributed by atoms with Gasteiger partial charge >= 0.3 is 5.97 Å². The first-order chi connectivity index (χ1) is 11.0. The van der Waals surface area contributed by atoms with E-state index in [-0.39, 0.29) is 35.9 Å². The third-order valence-corrected chi connectivity index (χ3v) is 5.18. The summed E-state index contributed by atoms with van der Waals surface area (Å²) in [5.74, 6) is -0.586. The van der Waals surface area contributed by atoms with Crippen molar-refractivity contribution in [2.75, 3.05) is 27.4 Å². The Balaban J connectivity index is 1.99. The summed E-state index contributed by atoms with van der Waals surface area (Å²) in [6.45, 7) is 0.417. The molecule has 1 saturated carbocycles. The van der Waals surface area contributed by atoms with Crippen LogP contribution in [0.1, 0.15) is 29.8 Å². The molecule has 8 nitrogen and oxygen atoms in total. The molecule has 0 aliphatic heterocycles. The average molecular weight is 346 g/mol. The normalized spacial score (nSPS) is 21.5. The van der Waals surface area contributed by atoms with E-state index in [4.69, 9.17) is 14.2 Å². The Morgan fingerprint density at radius 1 is 1.35 bits per heavy atom. The number of aromatic amines is 1. The Labute approximate surface area is 135 Å². The number of carbonyl (C=O) groups excluding carboxylic acids is 1. The number of methoxy groups -OCH3 is 2. The van der Waals surface area contributed by atoms with Crippen LogP contribution in [-0.2, 0) is 24.2 Å². The first kappa shape index (κ1) is 17.9. The number of hydrogen-bond acceptors (Lipinski definition) is 6. The number of rotatable bonds is 8. The van der Waals surface area contributed by atoms with E-state index in [9.17, 15) is 13.2 Å². The summed E-state index contributed by atoms with van der Waals surface area (Å²) in [5.41, 5.74) is 0.0962. The Kier molecular flexibility index (Phi) is 6.17. The molecule has 1 aliphatic rings. The second-order valence-electron chi connectivity index (χ2n) is 5.29. The Bertz CT molecular complexity index is 627. The Morgan fingerprint density at radius 2 is 2.09 bits per heavy atom. The number of hydrogen-bond donors (Lipinski definition) is 2. The van der Waals surface area contributed by atoms with Crippen molar-refractivity contribution in [3.05, 3.63) is 18.0 Å². The van der Waals surface area contributed by atoms with E-state index in [0.717, 1.165) is 19.3 Å². The molecule has 0 bridgehead atoms. The molecule has 1 aromatic heterocycles. The monoisotopic (exact) mass is 346 g/mol. The summed E-state index contributed by atoms with van der Waals surface area (Å²) in [6.07, 6.45) is 3.39. The lowest BCUT2D eigenvalue weighted by Gasteiger charge is -2.18. The van der Waals surface area contributed by atoms with Gasteiger partial charge in [0.2, 0.25) is 10.0 Å². The second kappa shape index (κ2) is 7.91. The molecule has 9 heteroatoms. The van der Waals surface area contributed by atoms with Crippen LogP contribution in [0, 0.1) is 0 Å². The van der Waals surface area contributed by atoms with E-state index >= 15 is 0 Å². The van der Waals surface area contributed by atoms with Crippen LogP contribution in [0.3, 0.4) is 0 Å². The molecule has 1 fully saturated rings. The minimum atomic E-state index is -3.68. The van der Waals surface area contributed by atoms with Crippen LogP contribution in [0.15, 0.2) is 17.2 Å². The number of esters is 1. The maximum Gasteiger partial charge on any atom is 0.355 e. The van der Waals surface area contributed by atoms with Crippen LogP contribution in [0.4, 0.5) is 0 Å². The van der Waals surface area contributed by atoms with E-state index in [0.29, 0.717) is 0 Å². The summed E-state index contributed by atoms with van der Waals surface area (Å²) < 4.78 is 41.9. The molecule has 2 rings (SSSR count). The van der Waals surface area contributed by atoms with Gasteiger partial charge in [-0.1, -0.05) is 0 Å². The fourth-order valence-electron chi connectivity index (χ4n) is 2.51. The third kappa shape index (κ3) is 4.54. The zero-order valence-corrected chi connectivity index (χ0v) is 14.0. The van der Waals surface area contributed by atoms with E-state index in [1.54, 1.807) is 7.11 Å². The topological polar surface area (TPSA) is 107 Å². The van der Waals surface area contributed by atoms with Gasteiger partial charge in [-0.2, -0.15) is 0 Å². The predicted octanol–water partition coefficient (Wildman–Crippen LogP) is 0.664. The van der Waals surface area contributed by atoms with Crippen LogP contribution in [0.2, 0.25) is 0 Å². The molecule has 0 unspecified atom stereocenters. The highest BCUT2D eigenvalue weighted by Gasteiger charge is 2.31. The minimum absolute atomic E-state index is 0.0183. The van der Waals surface area contributed by atoms with Gasteiger partial charge in [-0.25, -0.2) is 17.9 Å². The molecular formula is C14H22N2O6S. The van der Waals surface area contributed by atoms with E-state index < -0.39 is 16.0 Å². The maximum absolute atomic E-state index is 12.1. The zero-order chi connectivity index (χ0) is 16.9. The van der Waals surface area contributed by atoms with Gasteiger partial charge in [-0.15, -0.1) is 0 Å². The van der Waals surface area contributed by atoms with E-state index in [1.165, 1.54) is 19.4 Å². The molecule has 0 spiro atoms. The number of H-pyrrole nitrogens is 1. The Morgan fingerprint density at radius 3 is 2.78 bits per heavy atom. The van der Waals surface area contributed by atoms with Gasteiger partial charge in [0.15, 0.2) is 0 Å². The van der Waals surface area contributed by atoms with Gasteiger partial charge in [0, 0.05) is 27.0 Å². The van der Waals surface area contributed by atoms with Crippen LogP contribution >= 0.6 is 0 Å². The predicted molar refractivity (Wildman–Crippen MR) is 81.7 cm³/mol. The highest BCUT2D eigenvalue weighted by molar-refractivity contribution is 7.89. The van der Waals surface area contributed by atoms with Gasteiger partial charge in [0.1, 0.15) is 16.7 Å². The zero-order valence-electron chi connectivity index (χ0n) is 13.2. The molecule has 0 radical (unpaired) electrons. The van der Waals surface area contributed by atoms with Crippen molar-refractivity contribution in [2.45, 2.75) is 36.4 Å². The summed E-state index contributed by atoms with van der Waals surface area (Å²) in [5, 5.41) is 0. The maximum atomic E-state index is 12.1. The van der Waals surface area contributed by atoms with Crippen molar-refractivity contribution >= 4 is 16.0 Å². The summed E-state index contributed by atoms with van der Waals surface area (Å²) in [7, 11) is -0.615. The second-order valence-corrected chi connectivity index (χ2v) is 7.06. The highest BCUT2D eigenvalue weighted by Crippen LogP contribution is 2.25. The molecule has 1 aromatic rings. The molecule has 1 aliphatic carbocycles. The lowest BCUT2D eigenvalue weighted by molar-refractivity contribution is -0.0210. The van der Waals surface area contributed by atoms with Gasteiger partial charge in [0.25, 0.3) is 0 Å². The third-order valence-electron chi connectivity index (χ3n) is 3.74. The molecule has 1 heterocycles. The molecule has 130 valence electrons. The van der Waals surface area contributed by atoms with Crippen molar-refractivity contribution < 1.29 is 27.4 Å².